The van der Waals surface area contributed by atoms with Gasteiger partial charge in [0, 0.05) is 0 Å². The Bertz CT molecular complexity index is 1320. The lowest BCUT2D eigenvalue weighted by atomic mass is 10.0. The predicted molar refractivity (Wildman–Crippen MR) is 113 cm³/mol. The van der Waals surface area contributed by atoms with Crippen molar-refractivity contribution in [2.75, 3.05) is 0 Å². The molecular weight excluding hydrogens is 398 g/mol. The van der Waals surface area contributed by atoms with Crippen molar-refractivity contribution in [2.24, 2.45) is 0 Å². The van der Waals surface area contributed by atoms with E-state index in [4.69, 9.17) is 9.84 Å². The van der Waals surface area contributed by atoms with Crippen molar-refractivity contribution in [2.45, 2.75) is 31.8 Å². The summed E-state index contributed by atoms with van der Waals surface area (Å²) in [6, 6.07) is 12.3. The van der Waals surface area contributed by atoms with E-state index in [0.717, 1.165) is 36.8 Å². The number of H-pyrrole nitrogens is 2. The number of carbonyl (C=O) groups is 1. The largest absolute Gasteiger partial charge is 0.490 e. The number of ether oxygens (including phenoxy) is 1. The van der Waals surface area contributed by atoms with E-state index in [9.17, 15) is 9.59 Å². The normalized spacial score (nSPS) is 14.2. The minimum Gasteiger partial charge on any atom is -0.490 e. The van der Waals surface area contributed by atoms with Crippen LogP contribution >= 0.6 is 0 Å². The number of hydrogen-bond donors (Lipinski definition) is 3. The van der Waals surface area contributed by atoms with Gasteiger partial charge in [-0.15, -0.1) is 5.10 Å². The fourth-order valence-corrected chi connectivity index (χ4v) is 3.87. The van der Waals surface area contributed by atoms with Gasteiger partial charge in [0.05, 0.1) is 17.2 Å². The van der Waals surface area contributed by atoms with E-state index in [1.165, 1.54) is 0 Å². The van der Waals surface area contributed by atoms with Crippen LogP contribution in [-0.4, -0.2) is 42.6 Å². The van der Waals surface area contributed by atoms with Crippen molar-refractivity contribution in [3.63, 3.8) is 0 Å². The van der Waals surface area contributed by atoms with Crippen LogP contribution in [0.3, 0.4) is 0 Å². The Morgan fingerprint density at radius 3 is 2.55 bits per heavy atom. The molecule has 2 heterocycles. The summed E-state index contributed by atoms with van der Waals surface area (Å²) in [6.45, 7) is 0. The standard InChI is InChI=1S/C22H19N5O4/c28-21-18-20(26-27-25-18)23-19(24-21)16-10-9-14(11-17(16)31-15-3-1-2-4-15)12-5-7-13(8-6-12)22(29)30/h5-11,15H,1-4H2,(H,29,30)(H2,23,24,25,26,27,28). The van der Waals surface area contributed by atoms with Crippen LogP contribution in [0.5, 0.6) is 5.75 Å². The number of hydrogen-bond acceptors (Lipinski definition) is 6. The monoisotopic (exact) mass is 417 g/mol. The van der Waals surface area contributed by atoms with Crippen LogP contribution in [0.15, 0.2) is 47.3 Å². The zero-order chi connectivity index (χ0) is 21.4. The summed E-state index contributed by atoms with van der Waals surface area (Å²) in [4.78, 5) is 30.7. The number of fused-ring (bicyclic) bond motifs is 1. The first kappa shape index (κ1) is 19.0. The number of benzene rings is 2. The molecule has 0 bridgehead atoms. The number of carboxylic acids is 1. The van der Waals surface area contributed by atoms with Gasteiger partial charge in [-0.25, -0.2) is 14.9 Å². The molecule has 1 fully saturated rings. The van der Waals surface area contributed by atoms with E-state index < -0.39 is 5.97 Å². The van der Waals surface area contributed by atoms with E-state index in [1.807, 2.05) is 18.2 Å². The molecular formula is C22H19N5O4. The summed E-state index contributed by atoms with van der Waals surface area (Å²) < 4.78 is 6.32. The molecule has 31 heavy (non-hydrogen) atoms. The van der Waals surface area contributed by atoms with Crippen molar-refractivity contribution < 1.29 is 14.6 Å². The second kappa shape index (κ2) is 7.67. The minimum atomic E-state index is -0.967. The van der Waals surface area contributed by atoms with Gasteiger partial charge in [0.1, 0.15) is 11.6 Å². The van der Waals surface area contributed by atoms with Crippen LogP contribution in [0, 0.1) is 0 Å². The van der Waals surface area contributed by atoms with E-state index >= 15 is 0 Å². The summed E-state index contributed by atoms with van der Waals surface area (Å²) >= 11 is 0. The average Bonchev–Trinajstić information content (AvgIpc) is 3.46. The zero-order valence-electron chi connectivity index (χ0n) is 16.5. The molecule has 1 saturated carbocycles. The molecule has 0 spiro atoms. The van der Waals surface area contributed by atoms with E-state index in [1.54, 1.807) is 24.3 Å². The summed E-state index contributed by atoms with van der Waals surface area (Å²) in [5.41, 5.74) is 2.70. The maximum atomic E-state index is 12.4. The van der Waals surface area contributed by atoms with Crippen LogP contribution in [0.1, 0.15) is 36.0 Å². The quantitative estimate of drug-likeness (QED) is 0.453. The summed E-state index contributed by atoms with van der Waals surface area (Å²) in [5.74, 6) is 0.0110. The Balaban J connectivity index is 1.59. The second-order valence-electron chi connectivity index (χ2n) is 7.54. The topological polar surface area (TPSA) is 134 Å². The number of rotatable bonds is 5. The van der Waals surface area contributed by atoms with E-state index in [-0.39, 0.29) is 22.7 Å². The Hall–Kier alpha value is -4.01. The lowest BCUT2D eigenvalue weighted by Gasteiger charge is -2.17. The number of aromatic carboxylic acids is 1. The van der Waals surface area contributed by atoms with Crippen LogP contribution in [-0.2, 0) is 0 Å². The number of nitrogens with zero attached hydrogens (tertiary/aromatic N) is 3. The van der Waals surface area contributed by atoms with Crippen molar-refractivity contribution >= 4 is 17.1 Å². The molecule has 0 atom stereocenters. The first-order valence-electron chi connectivity index (χ1n) is 10.0. The third-order valence-electron chi connectivity index (χ3n) is 5.50. The van der Waals surface area contributed by atoms with Crippen molar-refractivity contribution in [1.82, 2.24) is 25.4 Å². The zero-order valence-corrected chi connectivity index (χ0v) is 16.5. The maximum Gasteiger partial charge on any atom is 0.335 e. The molecule has 5 rings (SSSR count). The van der Waals surface area contributed by atoms with Gasteiger partial charge in [0.2, 0.25) is 0 Å². The number of aromatic nitrogens is 5. The van der Waals surface area contributed by atoms with Crippen molar-refractivity contribution in [3.8, 4) is 28.3 Å². The molecule has 0 amide bonds. The summed E-state index contributed by atoms with van der Waals surface area (Å²) in [7, 11) is 0. The third kappa shape index (κ3) is 3.65. The van der Waals surface area contributed by atoms with Gasteiger partial charge in [0.25, 0.3) is 5.56 Å². The smallest absolute Gasteiger partial charge is 0.335 e. The lowest BCUT2D eigenvalue weighted by molar-refractivity contribution is 0.0697. The van der Waals surface area contributed by atoms with Crippen molar-refractivity contribution in [3.05, 3.63) is 58.4 Å². The Kier molecular flexibility index (Phi) is 4.70. The molecule has 0 saturated heterocycles. The fraction of sp³-hybridized carbons (Fsp3) is 0.227. The van der Waals surface area contributed by atoms with Crippen LogP contribution in [0.4, 0.5) is 0 Å². The molecule has 0 unspecified atom stereocenters. The highest BCUT2D eigenvalue weighted by Gasteiger charge is 2.20. The first-order chi connectivity index (χ1) is 15.1. The molecule has 2 aromatic heterocycles. The lowest BCUT2D eigenvalue weighted by Crippen LogP contribution is -2.13. The van der Waals surface area contributed by atoms with Gasteiger partial charge in [-0.05, 0) is 61.1 Å². The van der Waals surface area contributed by atoms with Gasteiger partial charge in [-0.2, -0.15) is 0 Å². The molecule has 0 radical (unpaired) electrons. The Morgan fingerprint density at radius 2 is 1.81 bits per heavy atom. The number of carboxylic acid groups (broad SMARTS) is 1. The summed E-state index contributed by atoms with van der Waals surface area (Å²) in [6.07, 6.45) is 4.30. The third-order valence-corrected chi connectivity index (χ3v) is 5.50. The Morgan fingerprint density at radius 1 is 1.06 bits per heavy atom. The van der Waals surface area contributed by atoms with Crippen LogP contribution in [0.2, 0.25) is 0 Å². The molecule has 156 valence electrons. The van der Waals surface area contributed by atoms with Crippen molar-refractivity contribution in [1.29, 1.82) is 0 Å². The van der Waals surface area contributed by atoms with E-state index in [0.29, 0.717) is 22.8 Å². The molecule has 3 N–H and O–H groups in total. The summed E-state index contributed by atoms with van der Waals surface area (Å²) in [5, 5.41) is 19.2. The average molecular weight is 417 g/mol. The fourth-order valence-electron chi connectivity index (χ4n) is 3.87. The highest BCUT2D eigenvalue weighted by atomic mass is 16.5. The molecule has 4 aromatic rings. The number of nitrogens with one attached hydrogen (secondary N) is 2. The van der Waals surface area contributed by atoms with Crippen LogP contribution in [0.25, 0.3) is 33.7 Å². The van der Waals surface area contributed by atoms with Gasteiger partial charge in [-0.3, -0.25) is 4.79 Å². The van der Waals surface area contributed by atoms with E-state index in [2.05, 4.69) is 25.4 Å². The highest BCUT2D eigenvalue weighted by molar-refractivity contribution is 5.88. The Labute approximate surface area is 176 Å². The van der Waals surface area contributed by atoms with Gasteiger partial charge in [0.15, 0.2) is 11.2 Å². The van der Waals surface area contributed by atoms with Gasteiger partial charge in [-0.1, -0.05) is 23.4 Å². The molecule has 9 nitrogen and oxygen atoms in total. The van der Waals surface area contributed by atoms with Gasteiger partial charge >= 0.3 is 5.97 Å². The second-order valence-corrected chi connectivity index (χ2v) is 7.54. The highest BCUT2D eigenvalue weighted by Crippen LogP contribution is 2.35. The molecule has 9 heteroatoms. The number of aromatic amines is 2. The van der Waals surface area contributed by atoms with Gasteiger partial charge < -0.3 is 14.8 Å². The SMILES string of the molecule is O=C(O)c1ccc(-c2ccc(-c3nc4[nH]nnc4c(=O)[nH]3)c(OC3CCCC3)c2)cc1. The molecule has 2 aromatic carbocycles. The molecule has 1 aliphatic rings. The first-order valence-corrected chi connectivity index (χ1v) is 10.0. The van der Waals surface area contributed by atoms with Crippen LogP contribution < -0.4 is 10.3 Å². The minimum absolute atomic E-state index is 0.104. The molecule has 0 aliphatic heterocycles. The maximum absolute atomic E-state index is 12.4. The molecule has 1 aliphatic carbocycles. The predicted octanol–water partition coefficient (Wildman–Crippen LogP) is 3.39.